The molecule has 0 aromatic heterocycles. The summed E-state index contributed by atoms with van der Waals surface area (Å²) in [4.78, 5) is 29.5. The van der Waals surface area contributed by atoms with Gasteiger partial charge in [0.15, 0.2) is 0 Å². The normalized spacial score (nSPS) is 16.5. The maximum absolute atomic E-state index is 12.5. The molecule has 1 radical (unpaired) electrons. The van der Waals surface area contributed by atoms with E-state index in [0.717, 1.165) is 37.3 Å². The number of ether oxygens (including phenoxy) is 2. The van der Waals surface area contributed by atoms with Crippen LogP contribution in [0.5, 0.6) is 0 Å². The van der Waals surface area contributed by atoms with Crippen molar-refractivity contribution in [1.82, 2.24) is 20.4 Å². The fraction of sp³-hybridized carbons (Fsp3) is 0.278. The largest absolute Gasteiger partial charge is 0.379 e. The molecule has 0 spiro atoms. The average Bonchev–Trinajstić information content (AvgIpc) is 3.12. The van der Waals surface area contributed by atoms with E-state index in [2.05, 4.69) is 20.4 Å². The maximum atomic E-state index is 12.5. The summed E-state index contributed by atoms with van der Waals surface area (Å²) < 4.78 is 10.8. The predicted molar refractivity (Wildman–Crippen MR) is 171 cm³/mol. The first-order valence-electron chi connectivity index (χ1n) is 15.1. The van der Waals surface area contributed by atoms with Crippen LogP contribution in [-0.4, -0.2) is 74.2 Å². The fourth-order valence-electron chi connectivity index (χ4n) is 5.31. The number of amides is 2. The molecule has 45 heavy (non-hydrogen) atoms. The molecule has 2 aliphatic heterocycles. The summed E-state index contributed by atoms with van der Waals surface area (Å²) in [6, 6.07) is 38.8. The van der Waals surface area contributed by atoms with E-state index in [1.54, 1.807) is 0 Å². The summed E-state index contributed by atoms with van der Waals surface area (Å²) in [6.07, 6.45) is -0.254. The Morgan fingerprint density at radius 3 is 1.09 bits per heavy atom. The SMILES string of the molecule is O=C(NC(c1ccccc1)N1CCOCC1)c1ccccc1.O=C(NC(c1ccccc1)N1CCOCC1)c1ccccc1.[Cu]. The summed E-state index contributed by atoms with van der Waals surface area (Å²) in [5, 5.41) is 6.30. The van der Waals surface area contributed by atoms with E-state index in [1.165, 1.54) is 0 Å². The summed E-state index contributed by atoms with van der Waals surface area (Å²) >= 11 is 0. The number of carbonyl (C=O) groups is 2. The minimum Gasteiger partial charge on any atom is -0.379 e. The van der Waals surface area contributed by atoms with Gasteiger partial charge in [0.25, 0.3) is 11.8 Å². The molecule has 4 aromatic rings. The van der Waals surface area contributed by atoms with Crippen LogP contribution in [0.3, 0.4) is 0 Å². The fourth-order valence-corrected chi connectivity index (χ4v) is 5.31. The molecule has 2 heterocycles. The molecule has 2 fully saturated rings. The van der Waals surface area contributed by atoms with Crippen LogP contribution in [0.15, 0.2) is 121 Å². The zero-order chi connectivity index (χ0) is 30.4. The van der Waals surface area contributed by atoms with Crippen molar-refractivity contribution in [2.24, 2.45) is 0 Å². The Morgan fingerprint density at radius 2 is 0.778 bits per heavy atom. The van der Waals surface area contributed by atoms with Crippen LogP contribution in [0.25, 0.3) is 0 Å². The average molecular weight is 656 g/mol. The molecule has 0 saturated carbocycles. The molecule has 0 aliphatic carbocycles. The van der Waals surface area contributed by atoms with Crippen molar-refractivity contribution in [2.45, 2.75) is 12.3 Å². The second-order valence-corrected chi connectivity index (χ2v) is 10.6. The van der Waals surface area contributed by atoms with Gasteiger partial charge < -0.3 is 20.1 Å². The van der Waals surface area contributed by atoms with Crippen molar-refractivity contribution in [3.05, 3.63) is 144 Å². The molecule has 2 saturated heterocycles. The molecule has 2 N–H and O–H groups in total. The van der Waals surface area contributed by atoms with Crippen LogP contribution in [0.2, 0.25) is 0 Å². The molecule has 2 atom stereocenters. The van der Waals surface area contributed by atoms with E-state index in [-0.39, 0.29) is 41.2 Å². The number of rotatable bonds is 8. The first kappa shape index (κ1) is 34.1. The molecule has 2 amide bonds. The molecule has 2 aliphatic rings. The number of carbonyl (C=O) groups excluding carboxylic acids is 2. The molecule has 0 bridgehead atoms. The van der Waals surface area contributed by atoms with Crippen LogP contribution in [-0.2, 0) is 26.5 Å². The second-order valence-electron chi connectivity index (χ2n) is 10.6. The number of hydrogen-bond acceptors (Lipinski definition) is 6. The minimum absolute atomic E-state index is 0. The zero-order valence-electron chi connectivity index (χ0n) is 25.2. The number of nitrogens with zero attached hydrogens (tertiary/aromatic N) is 2. The van der Waals surface area contributed by atoms with Crippen molar-refractivity contribution in [3.8, 4) is 0 Å². The Bertz CT molecular complexity index is 1310. The van der Waals surface area contributed by atoms with Gasteiger partial charge in [-0.05, 0) is 35.4 Å². The van der Waals surface area contributed by atoms with E-state index >= 15 is 0 Å². The molecule has 239 valence electrons. The third-order valence-corrected chi connectivity index (χ3v) is 7.66. The van der Waals surface area contributed by atoms with Crippen molar-refractivity contribution >= 4 is 11.8 Å². The topological polar surface area (TPSA) is 83.1 Å². The Balaban J connectivity index is 0.000000200. The van der Waals surface area contributed by atoms with Crippen LogP contribution < -0.4 is 10.6 Å². The first-order valence-corrected chi connectivity index (χ1v) is 15.1. The predicted octanol–water partition coefficient (Wildman–Crippen LogP) is 4.89. The molecule has 6 rings (SSSR count). The van der Waals surface area contributed by atoms with Crippen molar-refractivity contribution in [3.63, 3.8) is 0 Å². The van der Waals surface area contributed by atoms with Gasteiger partial charge in [-0.3, -0.25) is 19.4 Å². The summed E-state index contributed by atoms with van der Waals surface area (Å²) in [5.41, 5.74) is 3.54. The van der Waals surface area contributed by atoms with E-state index < -0.39 is 0 Å². The van der Waals surface area contributed by atoms with Crippen LogP contribution in [0, 0.1) is 0 Å². The van der Waals surface area contributed by atoms with Gasteiger partial charge in [-0.2, -0.15) is 0 Å². The molecular weight excluding hydrogens is 616 g/mol. The summed E-state index contributed by atoms with van der Waals surface area (Å²) in [7, 11) is 0. The van der Waals surface area contributed by atoms with E-state index in [9.17, 15) is 9.59 Å². The van der Waals surface area contributed by atoms with Crippen molar-refractivity contribution in [2.75, 3.05) is 52.6 Å². The van der Waals surface area contributed by atoms with Gasteiger partial charge in [-0.25, -0.2) is 0 Å². The van der Waals surface area contributed by atoms with Crippen LogP contribution in [0.4, 0.5) is 0 Å². The quantitative estimate of drug-likeness (QED) is 0.263. The number of benzene rings is 4. The molecule has 8 nitrogen and oxygen atoms in total. The third-order valence-electron chi connectivity index (χ3n) is 7.66. The van der Waals surface area contributed by atoms with Crippen molar-refractivity contribution in [1.29, 1.82) is 0 Å². The van der Waals surface area contributed by atoms with E-state index in [1.807, 2.05) is 121 Å². The van der Waals surface area contributed by atoms with Crippen molar-refractivity contribution < 1.29 is 36.1 Å². The molecule has 2 unspecified atom stereocenters. The zero-order valence-corrected chi connectivity index (χ0v) is 26.1. The third kappa shape index (κ3) is 10.1. The molecule has 4 aromatic carbocycles. The van der Waals surface area contributed by atoms with Gasteiger partial charge in [-0.15, -0.1) is 0 Å². The van der Waals surface area contributed by atoms with Gasteiger partial charge in [0.1, 0.15) is 12.3 Å². The first-order chi connectivity index (χ1) is 21.7. The summed E-state index contributed by atoms with van der Waals surface area (Å²) in [5.74, 6) is -0.109. The standard InChI is InChI=1S/2C18H20N2O2.Cu/c2*21-18(16-9-5-2-6-10-16)19-17(15-7-3-1-4-8-15)20-11-13-22-14-12-20;/h2*1-10,17H,11-14H2,(H,19,21);. The van der Waals surface area contributed by atoms with Crippen LogP contribution in [0.1, 0.15) is 44.2 Å². The monoisotopic (exact) mass is 655 g/mol. The number of nitrogens with one attached hydrogen (secondary N) is 2. The Hall–Kier alpha value is -3.82. The van der Waals surface area contributed by atoms with E-state index in [0.29, 0.717) is 37.6 Å². The Kier molecular flexibility index (Phi) is 13.8. The van der Waals surface area contributed by atoms with Gasteiger partial charge in [0, 0.05) is 54.4 Å². The maximum Gasteiger partial charge on any atom is 0.252 e. The van der Waals surface area contributed by atoms with Crippen LogP contribution >= 0.6 is 0 Å². The minimum atomic E-state index is -0.127. The van der Waals surface area contributed by atoms with E-state index in [4.69, 9.17) is 9.47 Å². The van der Waals surface area contributed by atoms with Gasteiger partial charge >= 0.3 is 0 Å². The second kappa shape index (κ2) is 18.2. The molecule has 9 heteroatoms. The Morgan fingerprint density at radius 1 is 0.489 bits per heavy atom. The summed E-state index contributed by atoms with van der Waals surface area (Å²) in [6.45, 7) is 6.05. The smallest absolute Gasteiger partial charge is 0.252 e. The molecular formula is C36H40CuN4O4. The van der Waals surface area contributed by atoms with Gasteiger partial charge in [-0.1, -0.05) is 97.1 Å². The van der Waals surface area contributed by atoms with Gasteiger partial charge in [0.2, 0.25) is 0 Å². The van der Waals surface area contributed by atoms with Gasteiger partial charge in [0.05, 0.1) is 26.4 Å². The number of hydrogen-bond donors (Lipinski definition) is 2. The Labute approximate surface area is 276 Å². The number of morpholine rings is 2.